The molecule has 0 bridgehead atoms. The van der Waals surface area contributed by atoms with E-state index in [4.69, 9.17) is 10.5 Å². The molecule has 3 amide bonds. The van der Waals surface area contributed by atoms with Gasteiger partial charge < -0.3 is 15.4 Å². The van der Waals surface area contributed by atoms with Crippen LogP contribution in [0.1, 0.15) is 25.7 Å². The van der Waals surface area contributed by atoms with Crippen LogP contribution in [0.25, 0.3) is 0 Å². The maximum Gasteiger partial charge on any atom is 0.264 e. The van der Waals surface area contributed by atoms with Gasteiger partial charge in [-0.3, -0.25) is 14.4 Å². The highest BCUT2D eigenvalue weighted by molar-refractivity contribution is 6.34. The van der Waals surface area contributed by atoms with Gasteiger partial charge in [-0.25, -0.2) is 9.29 Å². The minimum absolute atomic E-state index is 0.109. The first-order valence-corrected chi connectivity index (χ1v) is 8.04. The maximum atomic E-state index is 14.7. The molecule has 4 rings (SSSR count). The number of benzene rings is 1. The molecule has 25 heavy (non-hydrogen) atoms. The number of likely N-dealkylation sites (N-methyl/N-ethyl adjacent to an activating group) is 1. The zero-order valence-electron chi connectivity index (χ0n) is 13.6. The molecule has 0 fully saturated rings. The summed E-state index contributed by atoms with van der Waals surface area (Å²) in [7, 11) is 1.48. The van der Waals surface area contributed by atoms with Gasteiger partial charge in [0.2, 0.25) is 0 Å². The number of nitrogens with two attached hydrogens (primary N) is 1. The fraction of sp³-hybridized carbons (Fsp3) is 0.353. The van der Waals surface area contributed by atoms with Gasteiger partial charge in [-0.15, -0.1) is 0 Å². The predicted molar refractivity (Wildman–Crippen MR) is 87.7 cm³/mol. The Bertz CT molecular complexity index is 849. The van der Waals surface area contributed by atoms with Crippen molar-refractivity contribution < 1.29 is 23.5 Å². The molecule has 2 N–H and O–H groups in total. The number of carbonyl (C=O) groups is 3. The third-order valence-corrected chi connectivity index (χ3v) is 4.90. The Morgan fingerprint density at radius 1 is 1.08 bits per heavy atom. The molecule has 8 heteroatoms. The highest BCUT2D eigenvalue weighted by atomic mass is 19.1. The van der Waals surface area contributed by atoms with Crippen molar-refractivity contribution in [2.45, 2.75) is 25.7 Å². The zero-order chi connectivity index (χ0) is 17.9. The van der Waals surface area contributed by atoms with E-state index in [1.165, 1.54) is 11.9 Å². The molecular weight excluding hydrogens is 329 g/mol. The number of imide groups is 1. The van der Waals surface area contributed by atoms with Gasteiger partial charge in [0, 0.05) is 24.3 Å². The largest absolute Gasteiger partial charge is 0.481 e. The summed E-state index contributed by atoms with van der Waals surface area (Å²) >= 11 is 0. The van der Waals surface area contributed by atoms with Gasteiger partial charge in [-0.05, 0) is 25.7 Å². The number of nitrogens with zero attached hydrogens (tertiary/aromatic N) is 2. The number of rotatable bonds is 1. The second kappa shape index (κ2) is 5.30. The Hall–Kier alpha value is -2.90. The lowest BCUT2D eigenvalue weighted by Crippen LogP contribution is -2.38. The summed E-state index contributed by atoms with van der Waals surface area (Å²) < 4.78 is 19.9. The third-order valence-electron chi connectivity index (χ3n) is 4.90. The quantitative estimate of drug-likeness (QED) is 0.615. The van der Waals surface area contributed by atoms with Gasteiger partial charge in [0.05, 0.1) is 5.69 Å². The van der Waals surface area contributed by atoms with Crippen molar-refractivity contribution in [3.63, 3.8) is 0 Å². The van der Waals surface area contributed by atoms with Crippen molar-refractivity contribution in [1.29, 1.82) is 0 Å². The van der Waals surface area contributed by atoms with Gasteiger partial charge in [-0.2, -0.15) is 0 Å². The Balaban J connectivity index is 1.86. The number of nitrogen functional groups attached to an aromatic ring is 1. The summed E-state index contributed by atoms with van der Waals surface area (Å²) in [6.07, 6.45) is 2.65. The molecule has 1 aromatic carbocycles. The fourth-order valence-electron chi connectivity index (χ4n) is 3.61. The number of hydrogen-bond acceptors (Lipinski definition) is 5. The van der Waals surface area contributed by atoms with E-state index in [-0.39, 0.29) is 35.3 Å². The summed E-state index contributed by atoms with van der Waals surface area (Å²) in [6, 6.07) is 1.06. The van der Waals surface area contributed by atoms with E-state index in [2.05, 4.69) is 0 Å². The van der Waals surface area contributed by atoms with Crippen molar-refractivity contribution in [3.8, 4) is 5.75 Å². The monoisotopic (exact) mass is 345 g/mol. The summed E-state index contributed by atoms with van der Waals surface area (Å²) in [5.41, 5.74) is 6.64. The van der Waals surface area contributed by atoms with Gasteiger partial charge in [0.1, 0.15) is 17.1 Å². The number of fused-ring (bicyclic) bond motifs is 1. The van der Waals surface area contributed by atoms with Crippen LogP contribution in [0.5, 0.6) is 5.75 Å². The average molecular weight is 345 g/mol. The van der Waals surface area contributed by atoms with Crippen LogP contribution in [-0.2, 0) is 14.4 Å². The Morgan fingerprint density at radius 2 is 1.68 bits per heavy atom. The molecule has 0 radical (unpaired) electrons. The molecule has 2 aliphatic heterocycles. The topological polar surface area (TPSA) is 92.9 Å². The summed E-state index contributed by atoms with van der Waals surface area (Å²) in [6.45, 7) is -0.223. The molecule has 1 aliphatic carbocycles. The van der Waals surface area contributed by atoms with Gasteiger partial charge in [-0.1, -0.05) is 0 Å². The van der Waals surface area contributed by atoms with E-state index in [0.29, 0.717) is 24.0 Å². The lowest BCUT2D eigenvalue weighted by atomic mass is 9.93. The van der Waals surface area contributed by atoms with E-state index < -0.39 is 17.6 Å². The average Bonchev–Trinajstić information content (AvgIpc) is 2.84. The molecule has 0 saturated carbocycles. The number of carbonyl (C=O) groups excluding carboxylic acids is 3. The van der Waals surface area contributed by atoms with Crippen molar-refractivity contribution in [2.24, 2.45) is 0 Å². The minimum Gasteiger partial charge on any atom is -0.481 e. The second-order valence-electron chi connectivity index (χ2n) is 6.32. The lowest BCUT2D eigenvalue weighted by molar-refractivity contribution is -0.121. The molecule has 1 aromatic rings. The van der Waals surface area contributed by atoms with E-state index >= 15 is 0 Å². The molecule has 0 saturated heterocycles. The molecule has 0 atom stereocenters. The number of hydrogen-bond donors (Lipinski definition) is 1. The number of amides is 3. The summed E-state index contributed by atoms with van der Waals surface area (Å²) in [5.74, 6) is -2.14. The van der Waals surface area contributed by atoms with E-state index in [1.54, 1.807) is 0 Å². The molecule has 130 valence electrons. The van der Waals surface area contributed by atoms with Crippen LogP contribution in [0.15, 0.2) is 17.2 Å². The number of ether oxygens (including phenoxy) is 1. The highest BCUT2D eigenvalue weighted by Gasteiger charge is 2.43. The first-order chi connectivity index (χ1) is 11.9. The molecule has 3 aliphatic rings. The van der Waals surface area contributed by atoms with E-state index in [9.17, 15) is 18.8 Å². The molecular formula is C17H16FN3O4. The molecule has 2 heterocycles. The normalized spacial score (nSPS) is 20.0. The molecule has 0 spiro atoms. The van der Waals surface area contributed by atoms with E-state index in [0.717, 1.165) is 23.8 Å². The van der Waals surface area contributed by atoms with Crippen LogP contribution < -0.4 is 20.3 Å². The minimum atomic E-state index is -0.833. The van der Waals surface area contributed by atoms with Crippen molar-refractivity contribution in [3.05, 3.63) is 23.0 Å². The van der Waals surface area contributed by atoms with Crippen molar-refractivity contribution in [2.75, 3.05) is 29.2 Å². The van der Waals surface area contributed by atoms with Crippen molar-refractivity contribution >= 4 is 34.8 Å². The zero-order valence-corrected chi connectivity index (χ0v) is 13.6. The second-order valence-corrected chi connectivity index (χ2v) is 6.32. The molecule has 7 nitrogen and oxygen atoms in total. The first kappa shape index (κ1) is 15.6. The smallest absolute Gasteiger partial charge is 0.264 e. The highest BCUT2D eigenvalue weighted by Crippen LogP contribution is 2.46. The maximum absolute atomic E-state index is 14.7. The SMILES string of the molecule is CN1C(=O)COc2cc(F)c(N3C(=O)C4=C(CCCC4)C3=O)c(N)c21. The summed E-state index contributed by atoms with van der Waals surface area (Å²) in [4.78, 5) is 39.3. The number of halogens is 1. The predicted octanol–water partition coefficient (Wildman–Crippen LogP) is 1.51. The van der Waals surface area contributed by atoms with Crippen LogP contribution in [0.4, 0.5) is 21.5 Å². The van der Waals surface area contributed by atoms with Crippen LogP contribution in [-0.4, -0.2) is 31.4 Å². The van der Waals surface area contributed by atoms with Crippen LogP contribution in [0.3, 0.4) is 0 Å². The Kier molecular flexibility index (Phi) is 3.31. The van der Waals surface area contributed by atoms with Crippen LogP contribution in [0, 0.1) is 5.82 Å². The Labute approximate surface area is 142 Å². The van der Waals surface area contributed by atoms with Crippen molar-refractivity contribution in [1.82, 2.24) is 0 Å². The van der Waals surface area contributed by atoms with Gasteiger partial charge in [0.15, 0.2) is 12.4 Å². The lowest BCUT2D eigenvalue weighted by Gasteiger charge is -2.29. The van der Waals surface area contributed by atoms with E-state index in [1.807, 2.05) is 0 Å². The Morgan fingerprint density at radius 3 is 2.28 bits per heavy atom. The molecule has 0 aromatic heterocycles. The first-order valence-electron chi connectivity index (χ1n) is 8.04. The molecule has 0 unspecified atom stereocenters. The summed E-state index contributed by atoms with van der Waals surface area (Å²) in [5, 5.41) is 0. The van der Waals surface area contributed by atoms with Crippen LogP contribution in [0.2, 0.25) is 0 Å². The number of anilines is 3. The fourth-order valence-corrected chi connectivity index (χ4v) is 3.61. The standard InChI is InChI=1S/C17H16FN3O4/c1-20-12(22)7-25-11-6-10(18)14(13(19)15(11)20)21-16(23)8-4-2-3-5-9(8)17(21)24/h6H,2-5,7,19H2,1H3. The van der Waals surface area contributed by atoms with Gasteiger partial charge in [0.25, 0.3) is 17.7 Å². The van der Waals surface area contributed by atoms with Gasteiger partial charge >= 0.3 is 0 Å². The van der Waals surface area contributed by atoms with Crippen LogP contribution >= 0.6 is 0 Å². The third kappa shape index (κ3) is 2.06.